The van der Waals surface area contributed by atoms with Gasteiger partial charge < -0.3 is 14.2 Å². The molecule has 2 rings (SSSR count). The smallest absolute Gasteiger partial charge is 0.168 e. The lowest BCUT2D eigenvalue weighted by atomic mass is 10.2. The van der Waals surface area contributed by atoms with Crippen LogP contribution in [0.15, 0.2) is 24.3 Å². The maximum atomic E-state index is 12.8. The Hall–Kier alpha value is -1.13. The molecule has 0 bridgehead atoms. The third-order valence-corrected chi connectivity index (χ3v) is 2.52. The van der Waals surface area contributed by atoms with Crippen molar-refractivity contribution in [3.8, 4) is 5.75 Å². The first-order valence-corrected chi connectivity index (χ1v) is 5.34. The van der Waals surface area contributed by atoms with Gasteiger partial charge in [0.05, 0.1) is 19.8 Å². The number of hydrogen-bond donors (Lipinski definition) is 0. The molecule has 88 valence electrons. The Morgan fingerprint density at radius 1 is 1.38 bits per heavy atom. The van der Waals surface area contributed by atoms with Gasteiger partial charge in [0.2, 0.25) is 0 Å². The number of halogens is 1. The Bertz CT molecular complexity index is 348. The molecule has 0 unspecified atom stereocenters. The van der Waals surface area contributed by atoms with Crippen molar-refractivity contribution < 1.29 is 18.6 Å². The van der Waals surface area contributed by atoms with Crippen molar-refractivity contribution in [2.75, 3.05) is 19.8 Å². The topological polar surface area (TPSA) is 27.7 Å². The van der Waals surface area contributed by atoms with E-state index in [9.17, 15) is 4.39 Å². The van der Waals surface area contributed by atoms with Gasteiger partial charge in [-0.3, -0.25) is 0 Å². The Morgan fingerprint density at radius 2 is 2.12 bits per heavy atom. The molecule has 1 fully saturated rings. The summed E-state index contributed by atoms with van der Waals surface area (Å²) in [4.78, 5) is 0. The minimum absolute atomic E-state index is 0.294. The second-order valence-electron chi connectivity index (χ2n) is 3.89. The average Bonchev–Trinajstić information content (AvgIpc) is 2.65. The van der Waals surface area contributed by atoms with Gasteiger partial charge in [-0.2, -0.15) is 0 Å². The Balaban J connectivity index is 1.79. The fourth-order valence-electron chi connectivity index (χ4n) is 1.61. The monoisotopic (exact) mass is 226 g/mol. The second-order valence-corrected chi connectivity index (χ2v) is 3.89. The van der Waals surface area contributed by atoms with E-state index in [0.29, 0.717) is 32.0 Å². The van der Waals surface area contributed by atoms with E-state index in [1.165, 1.54) is 12.1 Å². The minimum atomic E-state index is -0.548. The van der Waals surface area contributed by atoms with Crippen LogP contribution in [0.2, 0.25) is 0 Å². The van der Waals surface area contributed by atoms with E-state index in [2.05, 4.69) is 0 Å². The van der Waals surface area contributed by atoms with Crippen molar-refractivity contribution in [1.29, 1.82) is 0 Å². The van der Waals surface area contributed by atoms with E-state index >= 15 is 0 Å². The molecule has 0 aliphatic carbocycles. The van der Waals surface area contributed by atoms with E-state index in [0.717, 1.165) is 0 Å². The van der Waals surface area contributed by atoms with Gasteiger partial charge in [-0.05, 0) is 19.1 Å². The maximum Gasteiger partial charge on any atom is 0.168 e. The third kappa shape index (κ3) is 2.93. The third-order valence-electron chi connectivity index (χ3n) is 2.52. The molecule has 0 amide bonds. The summed E-state index contributed by atoms with van der Waals surface area (Å²) >= 11 is 0. The summed E-state index contributed by atoms with van der Waals surface area (Å²) in [5.41, 5.74) is 0. The average molecular weight is 226 g/mol. The van der Waals surface area contributed by atoms with Crippen LogP contribution in [0.4, 0.5) is 4.39 Å². The van der Waals surface area contributed by atoms with E-state index < -0.39 is 5.79 Å². The van der Waals surface area contributed by atoms with Crippen LogP contribution in [0, 0.1) is 5.82 Å². The number of rotatable bonds is 4. The van der Waals surface area contributed by atoms with E-state index in [1.54, 1.807) is 12.1 Å². The van der Waals surface area contributed by atoms with Crippen LogP contribution in [-0.4, -0.2) is 25.6 Å². The molecule has 0 atom stereocenters. The summed E-state index contributed by atoms with van der Waals surface area (Å²) in [6, 6.07) is 6.09. The highest BCUT2D eigenvalue weighted by atomic mass is 19.1. The quantitative estimate of drug-likeness (QED) is 0.788. The normalized spacial score (nSPS) is 18.6. The first-order valence-electron chi connectivity index (χ1n) is 5.34. The molecule has 16 heavy (non-hydrogen) atoms. The summed E-state index contributed by atoms with van der Waals surface area (Å²) < 4.78 is 29.1. The molecule has 1 aromatic carbocycles. The number of benzene rings is 1. The lowest BCUT2D eigenvalue weighted by molar-refractivity contribution is -0.150. The summed E-state index contributed by atoms with van der Waals surface area (Å²) in [5, 5.41) is 0. The zero-order valence-corrected chi connectivity index (χ0v) is 9.24. The highest BCUT2D eigenvalue weighted by Gasteiger charge is 2.30. The van der Waals surface area contributed by atoms with Crippen molar-refractivity contribution in [2.24, 2.45) is 0 Å². The van der Waals surface area contributed by atoms with Gasteiger partial charge >= 0.3 is 0 Å². The van der Waals surface area contributed by atoms with E-state index in [4.69, 9.17) is 14.2 Å². The first-order chi connectivity index (χ1) is 7.68. The van der Waals surface area contributed by atoms with Crippen molar-refractivity contribution in [1.82, 2.24) is 0 Å². The van der Waals surface area contributed by atoms with Crippen LogP contribution in [0.1, 0.15) is 13.3 Å². The molecule has 1 saturated heterocycles. The van der Waals surface area contributed by atoms with Gasteiger partial charge in [0.1, 0.15) is 11.6 Å². The predicted molar refractivity (Wildman–Crippen MR) is 56.8 cm³/mol. The molecule has 1 aliphatic heterocycles. The van der Waals surface area contributed by atoms with Crippen LogP contribution >= 0.6 is 0 Å². The van der Waals surface area contributed by atoms with Crippen LogP contribution in [0.5, 0.6) is 5.75 Å². The fourth-order valence-corrected chi connectivity index (χ4v) is 1.61. The summed E-state index contributed by atoms with van der Waals surface area (Å²) in [6.07, 6.45) is 0.628. The molecule has 0 aromatic heterocycles. The minimum Gasteiger partial charge on any atom is -0.493 e. The fraction of sp³-hybridized carbons (Fsp3) is 0.500. The lowest BCUT2D eigenvalue weighted by Crippen LogP contribution is -2.27. The largest absolute Gasteiger partial charge is 0.493 e. The standard InChI is InChI=1S/C12H15FO3/c1-12(15-7-8-16-12)5-6-14-11-4-2-3-10(13)9-11/h2-4,9H,5-8H2,1H3. The molecule has 1 aliphatic rings. The lowest BCUT2D eigenvalue weighted by Gasteiger charge is -2.21. The van der Waals surface area contributed by atoms with Crippen LogP contribution in [0.25, 0.3) is 0 Å². The first kappa shape index (κ1) is 11.4. The van der Waals surface area contributed by atoms with E-state index in [-0.39, 0.29) is 5.82 Å². The second kappa shape index (κ2) is 4.80. The predicted octanol–water partition coefficient (Wildman–Crippen LogP) is 2.36. The molecule has 3 nitrogen and oxygen atoms in total. The van der Waals surface area contributed by atoms with Crippen molar-refractivity contribution in [2.45, 2.75) is 19.1 Å². The summed E-state index contributed by atoms with van der Waals surface area (Å²) in [7, 11) is 0. The van der Waals surface area contributed by atoms with Gasteiger partial charge in [-0.25, -0.2) is 4.39 Å². The number of hydrogen-bond acceptors (Lipinski definition) is 3. The summed E-state index contributed by atoms with van der Waals surface area (Å²) in [6.45, 7) is 3.57. The molecule has 0 spiro atoms. The maximum absolute atomic E-state index is 12.8. The van der Waals surface area contributed by atoms with Crippen LogP contribution in [-0.2, 0) is 9.47 Å². The SMILES string of the molecule is CC1(CCOc2cccc(F)c2)OCCO1. The van der Waals surface area contributed by atoms with Crippen molar-refractivity contribution >= 4 is 0 Å². The molecule has 0 radical (unpaired) electrons. The highest BCUT2D eigenvalue weighted by Crippen LogP contribution is 2.23. The summed E-state index contributed by atoms with van der Waals surface area (Å²) in [5.74, 6) is -0.313. The van der Waals surface area contributed by atoms with Crippen molar-refractivity contribution in [3.63, 3.8) is 0 Å². The van der Waals surface area contributed by atoms with Gasteiger partial charge in [0, 0.05) is 12.5 Å². The van der Waals surface area contributed by atoms with E-state index in [1.807, 2.05) is 6.92 Å². The van der Waals surface area contributed by atoms with Gasteiger partial charge in [-0.15, -0.1) is 0 Å². The highest BCUT2D eigenvalue weighted by molar-refractivity contribution is 5.22. The zero-order valence-electron chi connectivity index (χ0n) is 9.24. The Kier molecular flexibility index (Phi) is 3.41. The molecular formula is C12H15FO3. The zero-order chi connectivity index (χ0) is 11.4. The van der Waals surface area contributed by atoms with Gasteiger partial charge in [0.25, 0.3) is 0 Å². The molecule has 1 aromatic rings. The number of ether oxygens (including phenoxy) is 3. The Morgan fingerprint density at radius 3 is 2.81 bits per heavy atom. The van der Waals surface area contributed by atoms with Crippen LogP contribution in [0.3, 0.4) is 0 Å². The van der Waals surface area contributed by atoms with Crippen molar-refractivity contribution in [3.05, 3.63) is 30.1 Å². The molecular weight excluding hydrogens is 211 g/mol. The van der Waals surface area contributed by atoms with Crippen LogP contribution < -0.4 is 4.74 Å². The molecule has 0 N–H and O–H groups in total. The molecule has 0 saturated carbocycles. The molecule has 4 heteroatoms. The molecule has 1 heterocycles. The Labute approximate surface area is 94.1 Å². The van der Waals surface area contributed by atoms with Gasteiger partial charge in [-0.1, -0.05) is 6.07 Å². The van der Waals surface area contributed by atoms with Gasteiger partial charge in [0.15, 0.2) is 5.79 Å².